The highest BCUT2D eigenvalue weighted by Gasteiger charge is 2.42. The highest BCUT2D eigenvalue weighted by atomic mass is 16.7. The normalized spacial score (nSPS) is 17.4. The van der Waals surface area contributed by atoms with Crippen LogP contribution in [0.5, 0.6) is 0 Å². The topological polar surface area (TPSA) is 96.2 Å². The summed E-state index contributed by atoms with van der Waals surface area (Å²) in [4.78, 5) is 25.5. The van der Waals surface area contributed by atoms with Gasteiger partial charge >= 0.3 is 11.9 Å². The lowest BCUT2D eigenvalue weighted by molar-refractivity contribution is -0.143. The monoisotopic (exact) mass is 379 g/mol. The molecular weight excluding hydrogens is 354 g/mol. The van der Waals surface area contributed by atoms with Gasteiger partial charge in [-0.05, 0) is 32.9 Å². The van der Waals surface area contributed by atoms with Gasteiger partial charge in [-0.15, -0.1) is 0 Å². The number of hydrogen-bond donors (Lipinski definition) is 1. The predicted octanol–water partition coefficient (Wildman–Crippen LogP) is 2.24. The zero-order chi connectivity index (χ0) is 20.1. The van der Waals surface area contributed by atoms with E-state index in [9.17, 15) is 9.59 Å². The minimum atomic E-state index is -0.866. The zero-order valence-electron chi connectivity index (χ0n) is 16.3. The van der Waals surface area contributed by atoms with E-state index in [2.05, 4.69) is 5.32 Å². The number of methoxy groups -OCH3 is 3. The van der Waals surface area contributed by atoms with E-state index in [1.807, 2.05) is 0 Å². The molecule has 0 bridgehead atoms. The first-order valence-corrected chi connectivity index (χ1v) is 8.45. The Morgan fingerprint density at radius 3 is 2.26 bits per heavy atom. The van der Waals surface area contributed by atoms with Crippen molar-refractivity contribution >= 4 is 11.9 Å². The fourth-order valence-corrected chi connectivity index (χ4v) is 3.00. The molecule has 148 valence electrons. The Morgan fingerprint density at radius 1 is 1.11 bits per heavy atom. The molecule has 1 aliphatic rings. The lowest BCUT2D eigenvalue weighted by atomic mass is 9.83. The fourth-order valence-electron chi connectivity index (χ4n) is 3.00. The molecule has 2 rings (SSSR count). The first kappa shape index (κ1) is 20.7. The summed E-state index contributed by atoms with van der Waals surface area (Å²) in [6, 6.07) is 3.36. The van der Waals surface area contributed by atoms with Crippen LogP contribution in [0.1, 0.15) is 32.4 Å². The number of esters is 2. The van der Waals surface area contributed by atoms with E-state index in [0.29, 0.717) is 17.2 Å². The van der Waals surface area contributed by atoms with Gasteiger partial charge in [0.05, 0.1) is 42.2 Å². The van der Waals surface area contributed by atoms with Crippen molar-refractivity contribution < 1.29 is 33.0 Å². The number of dihydropyridines is 1. The number of carbonyl (C=O) groups is 2. The molecular formula is C19H25NO7. The average molecular weight is 379 g/mol. The van der Waals surface area contributed by atoms with E-state index >= 15 is 0 Å². The van der Waals surface area contributed by atoms with E-state index < -0.39 is 24.1 Å². The smallest absolute Gasteiger partial charge is 0.337 e. The van der Waals surface area contributed by atoms with Gasteiger partial charge in [-0.25, -0.2) is 9.59 Å². The van der Waals surface area contributed by atoms with Gasteiger partial charge in [-0.3, -0.25) is 0 Å². The molecule has 0 amide bonds. The Labute approximate surface area is 158 Å². The van der Waals surface area contributed by atoms with Crippen molar-refractivity contribution in [2.45, 2.75) is 39.1 Å². The number of furan rings is 1. The highest BCUT2D eigenvalue weighted by molar-refractivity contribution is 5.99. The summed E-state index contributed by atoms with van der Waals surface area (Å²) in [5.74, 6) is -1.62. The van der Waals surface area contributed by atoms with Gasteiger partial charge in [0.1, 0.15) is 5.76 Å². The van der Waals surface area contributed by atoms with Gasteiger partial charge in [-0.2, -0.15) is 0 Å². The van der Waals surface area contributed by atoms with Crippen LogP contribution in [0.2, 0.25) is 0 Å². The second-order valence-corrected chi connectivity index (χ2v) is 6.19. The van der Waals surface area contributed by atoms with Crippen LogP contribution in [0.3, 0.4) is 0 Å². The summed E-state index contributed by atoms with van der Waals surface area (Å²) in [5.41, 5.74) is 1.26. The Bertz CT molecular complexity index is 742. The van der Waals surface area contributed by atoms with Gasteiger partial charge in [0.25, 0.3) is 0 Å². The largest absolute Gasteiger partial charge is 0.468 e. The van der Waals surface area contributed by atoms with E-state index in [0.717, 1.165) is 0 Å². The molecule has 27 heavy (non-hydrogen) atoms. The third-order valence-corrected chi connectivity index (χ3v) is 4.05. The molecule has 1 N–H and O–H groups in total. The SMILES string of the molecule is COC(=O)C1=C(C(OC)OC)NC(C)=C(C(=O)OC(C)C)C1c1ccco1. The summed E-state index contributed by atoms with van der Waals surface area (Å²) in [5, 5.41) is 3.05. The first-order valence-electron chi connectivity index (χ1n) is 8.45. The summed E-state index contributed by atoms with van der Waals surface area (Å²) in [7, 11) is 4.15. The summed E-state index contributed by atoms with van der Waals surface area (Å²) < 4.78 is 26.5. The highest BCUT2D eigenvalue weighted by Crippen LogP contribution is 2.40. The van der Waals surface area contributed by atoms with Crippen molar-refractivity contribution in [3.8, 4) is 0 Å². The van der Waals surface area contributed by atoms with Crippen LogP contribution in [0.4, 0.5) is 0 Å². The van der Waals surface area contributed by atoms with Crippen LogP contribution in [0, 0.1) is 0 Å². The molecule has 2 heterocycles. The molecule has 1 unspecified atom stereocenters. The lowest BCUT2D eigenvalue weighted by Gasteiger charge is -2.32. The minimum absolute atomic E-state index is 0.155. The standard InChI is InChI=1S/C19H25NO7/c1-10(2)27-18(22)13-11(3)20-16(19(24-5)25-6)15(17(21)23-4)14(13)12-8-7-9-26-12/h7-10,14,19-20H,1-6H3. The van der Waals surface area contributed by atoms with Gasteiger partial charge in [0.15, 0.2) is 6.29 Å². The van der Waals surface area contributed by atoms with Crippen LogP contribution >= 0.6 is 0 Å². The minimum Gasteiger partial charge on any atom is -0.468 e. The molecule has 0 spiro atoms. The molecule has 0 radical (unpaired) electrons. The number of nitrogens with one attached hydrogen (secondary N) is 1. The molecule has 0 aromatic carbocycles. The maximum Gasteiger partial charge on any atom is 0.337 e. The number of ether oxygens (including phenoxy) is 4. The fraction of sp³-hybridized carbons (Fsp3) is 0.474. The molecule has 8 heteroatoms. The summed E-state index contributed by atoms with van der Waals surface area (Å²) in [6.45, 7) is 5.21. The van der Waals surface area contributed by atoms with Crippen molar-refractivity contribution in [3.05, 3.63) is 46.7 Å². The average Bonchev–Trinajstić information content (AvgIpc) is 3.15. The van der Waals surface area contributed by atoms with E-state index in [4.69, 9.17) is 23.4 Å². The van der Waals surface area contributed by atoms with Crippen molar-refractivity contribution in [2.24, 2.45) is 0 Å². The van der Waals surface area contributed by atoms with Crippen molar-refractivity contribution in [3.63, 3.8) is 0 Å². The summed E-state index contributed by atoms with van der Waals surface area (Å²) in [6.07, 6.45) is 0.276. The quantitative estimate of drug-likeness (QED) is 0.569. The summed E-state index contributed by atoms with van der Waals surface area (Å²) >= 11 is 0. The molecule has 0 saturated carbocycles. The van der Waals surface area contributed by atoms with Crippen LogP contribution in [-0.2, 0) is 28.5 Å². The van der Waals surface area contributed by atoms with E-state index in [1.54, 1.807) is 32.9 Å². The van der Waals surface area contributed by atoms with Crippen molar-refractivity contribution in [1.82, 2.24) is 5.32 Å². The second-order valence-electron chi connectivity index (χ2n) is 6.19. The van der Waals surface area contributed by atoms with Gasteiger partial charge in [0, 0.05) is 19.9 Å². The van der Waals surface area contributed by atoms with Crippen LogP contribution in [0.15, 0.2) is 45.4 Å². The maximum atomic E-state index is 12.8. The predicted molar refractivity (Wildman–Crippen MR) is 95.4 cm³/mol. The molecule has 8 nitrogen and oxygen atoms in total. The number of rotatable bonds is 7. The van der Waals surface area contributed by atoms with Gasteiger partial charge in [0.2, 0.25) is 0 Å². The number of allylic oxidation sites excluding steroid dienone is 1. The Kier molecular flexibility index (Phi) is 6.81. The van der Waals surface area contributed by atoms with Gasteiger partial charge in [-0.1, -0.05) is 0 Å². The van der Waals surface area contributed by atoms with Crippen LogP contribution < -0.4 is 5.32 Å². The maximum absolute atomic E-state index is 12.8. The number of carbonyl (C=O) groups excluding carboxylic acids is 2. The molecule has 1 aliphatic heterocycles. The third kappa shape index (κ3) is 4.23. The van der Waals surface area contributed by atoms with Crippen LogP contribution in [0.25, 0.3) is 0 Å². The molecule has 1 atom stereocenters. The molecule has 0 fully saturated rings. The van der Waals surface area contributed by atoms with E-state index in [1.165, 1.54) is 27.6 Å². The van der Waals surface area contributed by atoms with Crippen LogP contribution in [-0.4, -0.2) is 45.7 Å². The Hall–Kier alpha value is -2.58. The lowest BCUT2D eigenvalue weighted by Crippen LogP contribution is -2.38. The number of hydrogen-bond acceptors (Lipinski definition) is 8. The third-order valence-electron chi connectivity index (χ3n) is 4.05. The molecule has 1 aromatic heterocycles. The molecule has 0 saturated heterocycles. The Balaban J connectivity index is 2.69. The second kappa shape index (κ2) is 8.88. The van der Waals surface area contributed by atoms with Crippen molar-refractivity contribution in [2.75, 3.05) is 21.3 Å². The first-order chi connectivity index (χ1) is 12.8. The molecule has 1 aromatic rings. The van der Waals surface area contributed by atoms with Gasteiger partial charge < -0.3 is 28.7 Å². The Morgan fingerprint density at radius 2 is 1.78 bits per heavy atom. The van der Waals surface area contributed by atoms with Crippen molar-refractivity contribution in [1.29, 1.82) is 0 Å². The zero-order valence-corrected chi connectivity index (χ0v) is 16.3. The molecule has 0 aliphatic carbocycles. The van der Waals surface area contributed by atoms with E-state index in [-0.39, 0.29) is 17.3 Å².